The Bertz CT molecular complexity index is 409. The predicted octanol–water partition coefficient (Wildman–Crippen LogP) is 2.74. The standard InChI is InChI=1S/C12H18ClN5/c1-5-7-9(8-6-2)10-15-11(14-3)17-12(16-10)18(4)13/h5-6,9H,1-2,7-8H2,3-4H3,(H,14,15,16,17). The normalized spacial score (nSPS) is 10.2. The number of nitrogens with one attached hydrogen (secondary N) is 1. The van der Waals surface area contributed by atoms with E-state index in [0.717, 1.165) is 12.8 Å². The van der Waals surface area contributed by atoms with E-state index in [1.54, 1.807) is 14.1 Å². The molecule has 0 amide bonds. The maximum absolute atomic E-state index is 5.88. The zero-order chi connectivity index (χ0) is 13.5. The fourth-order valence-corrected chi connectivity index (χ4v) is 1.60. The van der Waals surface area contributed by atoms with Gasteiger partial charge in [0, 0.05) is 31.8 Å². The molecule has 0 unspecified atom stereocenters. The third-order valence-corrected chi connectivity index (χ3v) is 2.56. The van der Waals surface area contributed by atoms with Crippen LogP contribution in [0.5, 0.6) is 0 Å². The van der Waals surface area contributed by atoms with Crippen LogP contribution in [0.25, 0.3) is 0 Å². The molecule has 0 spiro atoms. The van der Waals surface area contributed by atoms with E-state index in [-0.39, 0.29) is 5.92 Å². The molecule has 1 N–H and O–H groups in total. The summed E-state index contributed by atoms with van der Waals surface area (Å²) in [4.78, 5) is 12.9. The number of hydrogen-bond acceptors (Lipinski definition) is 5. The summed E-state index contributed by atoms with van der Waals surface area (Å²) in [6.07, 6.45) is 5.26. The Morgan fingerprint density at radius 2 is 1.89 bits per heavy atom. The molecule has 0 aliphatic rings. The minimum atomic E-state index is 0.144. The van der Waals surface area contributed by atoms with Crippen LogP contribution < -0.4 is 9.74 Å². The fraction of sp³-hybridized carbons (Fsp3) is 0.417. The van der Waals surface area contributed by atoms with Crippen LogP contribution in [0.1, 0.15) is 24.6 Å². The van der Waals surface area contributed by atoms with Gasteiger partial charge in [-0.25, -0.2) is 0 Å². The van der Waals surface area contributed by atoms with E-state index in [0.29, 0.717) is 17.7 Å². The van der Waals surface area contributed by atoms with E-state index in [2.05, 4.69) is 33.4 Å². The smallest absolute Gasteiger partial charge is 0.245 e. The Labute approximate surface area is 113 Å². The molecule has 1 rings (SSSR count). The molecule has 0 atom stereocenters. The lowest BCUT2D eigenvalue weighted by molar-refractivity contribution is 0.656. The van der Waals surface area contributed by atoms with E-state index in [9.17, 15) is 0 Å². The molecule has 0 radical (unpaired) electrons. The molecule has 0 saturated heterocycles. The summed E-state index contributed by atoms with van der Waals surface area (Å²) in [5, 5.41) is 2.90. The van der Waals surface area contributed by atoms with Crippen molar-refractivity contribution in [3.05, 3.63) is 31.1 Å². The second kappa shape index (κ2) is 6.96. The SMILES string of the molecule is C=CCC(CC=C)c1nc(NC)nc(N(C)Cl)n1. The summed E-state index contributed by atoms with van der Waals surface area (Å²) in [7, 11) is 3.43. The first kappa shape index (κ1) is 14.4. The molecule has 0 aliphatic carbocycles. The first-order valence-electron chi connectivity index (χ1n) is 5.67. The van der Waals surface area contributed by atoms with Gasteiger partial charge in [-0.05, 0) is 12.8 Å². The highest BCUT2D eigenvalue weighted by atomic mass is 35.5. The zero-order valence-corrected chi connectivity index (χ0v) is 11.5. The molecule has 0 fully saturated rings. The first-order chi connectivity index (χ1) is 8.62. The van der Waals surface area contributed by atoms with Crippen LogP contribution in [-0.2, 0) is 0 Å². The number of aromatic nitrogens is 3. The third-order valence-electron chi connectivity index (χ3n) is 2.41. The summed E-state index contributed by atoms with van der Waals surface area (Å²) < 4.78 is 1.34. The highest BCUT2D eigenvalue weighted by Crippen LogP contribution is 2.23. The number of allylic oxidation sites excluding steroid dienone is 2. The topological polar surface area (TPSA) is 53.9 Å². The van der Waals surface area contributed by atoms with Crippen LogP contribution in [0.2, 0.25) is 0 Å². The van der Waals surface area contributed by atoms with Gasteiger partial charge in [0.25, 0.3) is 0 Å². The van der Waals surface area contributed by atoms with Gasteiger partial charge < -0.3 is 5.32 Å². The van der Waals surface area contributed by atoms with Crippen molar-refractivity contribution in [2.75, 3.05) is 23.8 Å². The molecule has 0 aliphatic heterocycles. The first-order valence-corrected chi connectivity index (χ1v) is 6.01. The van der Waals surface area contributed by atoms with Crippen molar-refractivity contribution in [3.8, 4) is 0 Å². The molecular formula is C12H18ClN5. The molecular weight excluding hydrogens is 250 g/mol. The Morgan fingerprint density at radius 1 is 1.28 bits per heavy atom. The minimum absolute atomic E-state index is 0.144. The predicted molar refractivity (Wildman–Crippen MR) is 76.0 cm³/mol. The monoisotopic (exact) mass is 267 g/mol. The van der Waals surface area contributed by atoms with E-state index in [1.165, 1.54) is 4.42 Å². The van der Waals surface area contributed by atoms with Crippen molar-refractivity contribution in [2.24, 2.45) is 0 Å². The fourth-order valence-electron chi connectivity index (χ4n) is 1.52. The lowest BCUT2D eigenvalue weighted by Crippen LogP contribution is -2.13. The second-order valence-corrected chi connectivity index (χ2v) is 4.30. The van der Waals surface area contributed by atoms with Gasteiger partial charge in [-0.15, -0.1) is 13.2 Å². The van der Waals surface area contributed by atoms with Gasteiger partial charge in [-0.2, -0.15) is 15.0 Å². The van der Waals surface area contributed by atoms with Crippen molar-refractivity contribution in [3.63, 3.8) is 0 Å². The largest absolute Gasteiger partial charge is 0.357 e. The van der Waals surface area contributed by atoms with Crippen molar-refractivity contribution >= 4 is 23.7 Å². The van der Waals surface area contributed by atoms with Crippen LogP contribution in [0.15, 0.2) is 25.3 Å². The lowest BCUT2D eigenvalue weighted by Gasteiger charge is -2.15. The molecule has 5 nitrogen and oxygen atoms in total. The summed E-state index contributed by atoms with van der Waals surface area (Å²) in [6, 6.07) is 0. The molecule has 98 valence electrons. The number of hydrogen-bond donors (Lipinski definition) is 1. The molecule has 0 bridgehead atoms. The number of rotatable bonds is 7. The van der Waals surface area contributed by atoms with Crippen molar-refractivity contribution in [2.45, 2.75) is 18.8 Å². The molecule has 6 heteroatoms. The Kier molecular flexibility index (Phi) is 5.58. The number of anilines is 2. The maximum atomic E-state index is 5.88. The lowest BCUT2D eigenvalue weighted by atomic mass is 10.0. The van der Waals surface area contributed by atoms with E-state index >= 15 is 0 Å². The van der Waals surface area contributed by atoms with Crippen molar-refractivity contribution in [1.29, 1.82) is 0 Å². The van der Waals surface area contributed by atoms with Gasteiger partial charge in [0.15, 0.2) is 0 Å². The van der Waals surface area contributed by atoms with Crippen LogP contribution >= 0.6 is 11.8 Å². The Balaban J connectivity index is 3.14. The summed E-state index contributed by atoms with van der Waals surface area (Å²) in [5.74, 6) is 1.76. The third kappa shape index (κ3) is 3.70. The van der Waals surface area contributed by atoms with Gasteiger partial charge in [0.05, 0.1) is 0 Å². The average molecular weight is 268 g/mol. The van der Waals surface area contributed by atoms with Crippen molar-refractivity contribution in [1.82, 2.24) is 15.0 Å². The molecule has 1 aromatic heterocycles. The van der Waals surface area contributed by atoms with Gasteiger partial charge in [-0.3, -0.25) is 4.42 Å². The minimum Gasteiger partial charge on any atom is -0.357 e. The number of nitrogens with zero attached hydrogens (tertiary/aromatic N) is 4. The van der Waals surface area contributed by atoms with Crippen LogP contribution in [-0.4, -0.2) is 29.0 Å². The van der Waals surface area contributed by atoms with Crippen LogP contribution in [0.4, 0.5) is 11.9 Å². The van der Waals surface area contributed by atoms with E-state index in [1.807, 2.05) is 12.2 Å². The van der Waals surface area contributed by atoms with Gasteiger partial charge in [0.2, 0.25) is 11.9 Å². The van der Waals surface area contributed by atoms with Crippen LogP contribution in [0.3, 0.4) is 0 Å². The Hall–Kier alpha value is -1.62. The van der Waals surface area contributed by atoms with Gasteiger partial charge in [-0.1, -0.05) is 12.2 Å². The molecule has 18 heavy (non-hydrogen) atoms. The summed E-state index contributed by atoms with van der Waals surface area (Å²) >= 11 is 5.88. The van der Waals surface area contributed by atoms with Gasteiger partial charge >= 0.3 is 0 Å². The quantitative estimate of drug-likeness (QED) is 0.608. The molecule has 0 saturated carbocycles. The average Bonchev–Trinajstić information content (AvgIpc) is 2.37. The van der Waals surface area contributed by atoms with Crippen LogP contribution in [0, 0.1) is 0 Å². The highest BCUT2D eigenvalue weighted by Gasteiger charge is 2.16. The highest BCUT2D eigenvalue weighted by molar-refractivity contribution is 6.24. The second-order valence-electron chi connectivity index (χ2n) is 3.79. The Morgan fingerprint density at radius 3 is 2.33 bits per heavy atom. The van der Waals surface area contributed by atoms with E-state index in [4.69, 9.17) is 11.8 Å². The summed E-state index contributed by atoms with van der Waals surface area (Å²) in [5.41, 5.74) is 0. The van der Waals surface area contributed by atoms with E-state index < -0.39 is 0 Å². The maximum Gasteiger partial charge on any atom is 0.245 e. The number of halogens is 1. The van der Waals surface area contributed by atoms with Gasteiger partial charge in [0.1, 0.15) is 5.82 Å². The molecule has 1 heterocycles. The molecule has 0 aromatic carbocycles. The molecule has 1 aromatic rings. The zero-order valence-electron chi connectivity index (χ0n) is 10.7. The van der Waals surface area contributed by atoms with Crippen molar-refractivity contribution < 1.29 is 0 Å². The summed E-state index contributed by atoms with van der Waals surface area (Å²) in [6.45, 7) is 7.50.